The van der Waals surface area contributed by atoms with Gasteiger partial charge in [0.25, 0.3) is 5.69 Å². The van der Waals surface area contributed by atoms with Gasteiger partial charge in [-0.25, -0.2) is 4.79 Å². The van der Waals surface area contributed by atoms with Gasteiger partial charge in [0, 0.05) is 25.2 Å². The molecule has 0 bridgehead atoms. The normalized spacial score (nSPS) is 14.9. The molecule has 1 heterocycles. The van der Waals surface area contributed by atoms with Crippen LogP contribution in [0.15, 0.2) is 48.5 Å². The number of carbonyl (C=O) groups is 1. The van der Waals surface area contributed by atoms with Crippen molar-refractivity contribution in [2.75, 3.05) is 19.6 Å². The van der Waals surface area contributed by atoms with E-state index in [4.69, 9.17) is 9.90 Å². The average Bonchev–Trinajstić information content (AvgIpc) is 2.76. The van der Waals surface area contributed by atoms with Crippen LogP contribution in [0.3, 0.4) is 0 Å². The standard InChI is InChI=1S/C20H25N3O3.C2HF3O2/c24-20-6-4-17(5-7-20)15-22-10-8-16(9-11-22)13-21-14-18-2-1-3-19(12-18)23(25)26;3-2(4,5)1(6)7/h1-7,12,16,21,24H,8-11,13-15H2;(H,6,7). The average molecular weight is 469 g/mol. The Morgan fingerprint density at radius 3 is 2.27 bits per heavy atom. The van der Waals surface area contributed by atoms with Gasteiger partial charge in [-0.2, -0.15) is 13.2 Å². The van der Waals surface area contributed by atoms with Crippen LogP contribution in [0.1, 0.15) is 24.0 Å². The molecule has 1 aliphatic rings. The van der Waals surface area contributed by atoms with Crippen LogP contribution in [0.5, 0.6) is 5.75 Å². The van der Waals surface area contributed by atoms with E-state index in [9.17, 15) is 28.4 Å². The van der Waals surface area contributed by atoms with Crippen LogP contribution in [-0.4, -0.2) is 51.8 Å². The second-order valence-corrected chi connectivity index (χ2v) is 7.75. The molecular formula is C22H26F3N3O5. The molecule has 0 radical (unpaired) electrons. The van der Waals surface area contributed by atoms with Crippen molar-refractivity contribution in [1.82, 2.24) is 10.2 Å². The van der Waals surface area contributed by atoms with E-state index in [-0.39, 0.29) is 10.6 Å². The predicted molar refractivity (Wildman–Crippen MR) is 115 cm³/mol. The minimum absolute atomic E-state index is 0.145. The van der Waals surface area contributed by atoms with Crippen LogP contribution in [0, 0.1) is 16.0 Å². The lowest BCUT2D eigenvalue weighted by molar-refractivity contribution is -0.384. The maximum absolute atomic E-state index is 10.8. The number of nitrogens with one attached hydrogen (secondary N) is 1. The summed E-state index contributed by atoms with van der Waals surface area (Å²) in [5.74, 6) is -1.81. The number of carboxylic acid groups (broad SMARTS) is 1. The molecule has 1 aliphatic heterocycles. The smallest absolute Gasteiger partial charge is 0.490 e. The lowest BCUT2D eigenvalue weighted by Crippen LogP contribution is -2.36. The Bertz CT molecular complexity index is 914. The van der Waals surface area contributed by atoms with Crippen molar-refractivity contribution in [3.05, 3.63) is 69.8 Å². The summed E-state index contributed by atoms with van der Waals surface area (Å²) in [6.45, 7) is 4.67. The molecule has 0 amide bonds. The Balaban J connectivity index is 0.000000479. The Kier molecular flexibility index (Phi) is 9.61. The van der Waals surface area contributed by atoms with Crippen molar-refractivity contribution in [2.24, 2.45) is 5.92 Å². The summed E-state index contributed by atoms with van der Waals surface area (Å²) in [5, 5.41) is 30.7. The number of aliphatic carboxylic acids is 1. The third-order valence-corrected chi connectivity index (χ3v) is 5.18. The summed E-state index contributed by atoms with van der Waals surface area (Å²) >= 11 is 0. The molecule has 11 heteroatoms. The van der Waals surface area contributed by atoms with Gasteiger partial charge in [0.1, 0.15) is 5.75 Å². The number of nitro benzene ring substituents is 1. The Labute approximate surface area is 188 Å². The largest absolute Gasteiger partial charge is 0.508 e. The van der Waals surface area contributed by atoms with Gasteiger partial charge in [0.2, 0.25) is 0 Å². The zero-order valence-corrected chi connectivity index (χ0v) is 17.8. The molecule has 1 fully saturated rings. The summed E-state index contributed by atoms with van der Waals surface area (Å²) in [7, 11) is 0. The zero-order chi connectivity index (χ0) is 24.4. The lowest BCUT2D eigenvalue weighted by atomic mass is 9.96. The first kappa shape index (κ1) is 26.1. The number of halogens is 3. The molecule has 0 aromatic heterocycles. The highest BCUT2D eigenvalue weighted by Crippen LogP contribution is 2.20. The number of rotatable bonds is 7. The monoisotopic (exact) mass is 469 g/mol. The van der Waals surface area contributed by atoms with Crippen LogP contribution < -0.4 is 5.32 Å². The number of carboxylic acids is 1. The van der Waals surface area contributed by atoms with Crippen molar-refractivity contribution < 1.29 is 33.1 Å². The van der Waals surface area contributed by atoms with Crippen LogP contribution in [0.4, 0.5) is 18.9 Å². The minimum atomic E-state index is -5.08. The van der Waals surface area contributed by atoms with Gasteiger partial charge in [-0.15, -0.1) is 0 Å². The molecule has 3 rings (SSSR count). The zero-order valence-electron chi connectivity index (χ0n) is 17.8. The molecular weight excluding hydrogens is 443 g/mol. The first-order valence-corrected chi connectivity index (χ1v) is 10.3. The highest BCUT2D eigenvalue weighted by molar-refractivity contribution is 5.73. The maximum atomic E-state index is 10.8. The summed E-state index contributed by atoms with van der Waals surface area (Å²) in [6, 6.07) is 14.2. The number of nitrogens with zero attached hydrogens (tertiary/aromatic N) is 2. The SMILES string of the molecule is O=C(O)C(F)(F)F.O=[N+]([O-])c1cccc(CNCC2CCN(Cc3ccc(O)cc3)CC2)c1. The van der Waals surface area contributed by atoms with E-state index in [1.807, 2.05) is 18.2 Å². The number of alkyl halides is 3. The molecule has 0 unspecified atom stereocenters. The van der Waals surface area contributed by atoms with Crippen LogP contribution in [-0.2, 0) is 17.9 Å². The number of piperidine rings is 1. The second kappa shape index (κ2) is 12.2. The van der Waals surface area contributed by atoms with E-state index in [2.05, 4.69) is 10.2 Å². The van der Waals surface area contributed by atoms with Gasteiger partial charge in [-0.1, -0.05) is 24.3 Å². The molecule has 3 N–H and O–H groups in total. The van der Waals surface area contributed by atoms with Crippen molar-refractivity contribution in [3.63, 3.8) is 0 Å². The Hall–Kier alpha value is -3.18. The van der Waals surface area contributed by atoms with Crippen molar-refractivity contribution in [1.29, 1.82) is 0 Å². The van der Waals surface area contributed by atoms with E-state index >= 15 is 0 Å². The number of phenols is 1. The molecule has 0 saturated carbocycles. The minimum Gasteiger partial charge on any atom is -0.508 e. The van der Waals surface area contributed by atoms with Crippen LogP contribution in [0.25, 0.3) is 0 Å². The number of hydrogen-bond donors (Lipinski definition) is 3. The van der Waals surface area contributed by atoms with Gasteiger partial charge >= 0.3 is 12.1 Å². The molecule has 8 nitrogen and oxygen atoms in total. The van der Waals surface area contributed by atoms with E-state index in [0.29, 0.717) is 18.2 Å². The topological polar surface area (TPSA) is 116 Å². The summed E-state index contributed by atoms with van der Waals surface area (Å²) in [6.07, 6.45) is -2.78. The predicted octanol–water partition coefficient (Wildman–Crippen LogP) is 3.94. The van der Waals surface area contributed by atoms with Crippen molar-refractivity contribution in [3.8, 4) is 5.75 Å². The highest BCUT2D eigenvalue weighted by Gasteiger charge is 2.38. The maximum Gasteiger partial charge on any atom is 0.490 e. The van der Waals surface area contributed by atoms with E-state index in [1.165, 1.54) is 11.6 Å². The number of nitro groups is 1. The van der Waals surface area contributed by atoms with E-state index < -0.39 is 12.1 Å². The molecule has 2 aromatic rings. The number of aromatic hydroxyl groups is 1. The Morgan fingerprint density at radius 2 is 1.73 bits per heavy atom. The summed E-state index contributed by atoms with van der Waals surface area (Å²) in [5.41, 5.74) is 2.32. The number of phenolic OH excluding ortho intramolecular Hbond substituents is 1. The molecule has 180 valence electrons. The molecule has 0 spiro atoms. The van der Waals surface area contributed by atoms with Gasteiger partial charge in [-0.05, 0) is 61.7 Å². The first-order chi connectivity index (χ1) is 15.5. The number of hydrogen-bond acceptors (Lipinski definition) is 6. The molecule has 0 atom stereocenters. The quantitative estimate of drug-likeness (QED) is 0.416. The van der Waals surface area contributed by atoms with E-state index in [0.717, 1.165) is 44.6 Å². The Morgan fingerprint density at radius 1 is 1.12 bits per heavy atom. The summed E-state index contributed by atoms with van der Waals surface area (Å²) < 4.78 is 31.7. The van der Waals surface area contributed by atoms with Crippen LogP contribution in [0.2, 0.25) is 0 Å². The highest BCUT2D eigenvalue weighted by atomic mass is 19.4. The number of benzene rings is 2. The molecule has 2 aromatic carbocycles. The number of likely N-dealkylation sites (tertiary alicyclic amines) is 1. The van der Waals surface area contributed by atoms with Gasteiger partial charge in [-0.3, -0.25) is 15.0 Å². The fourth-order valence-electron chi connectivity index (χ4n) is 3.41. The third-order valence-electron chi connectivity index (χ3n) is 5.18. The lowest BCUT2D eigenvalue weighted by Gasteiger charge is -2.32. The molecule has 1 saturated heterocycles. The van der Waals surface area contributed by atoms with Crippen molar-refractivity contribution >= 4 is 11.7 Å². The van der Waals surface area contributed by atoms with Gasteiger partial charge in [0.05, 0.1) is 4.92 Å². The molecule has 0 aliphatic carbocycles. The summed E-state index contributed by atoms with van der Waals surface area (Å²) in [4.78, 5) is 21.8. The fraction of sp³-hybridized carbons (Fsp3) is 0.409. The number of non-ortho nitro benzene ring substituents is 1. The van der Waals surface area contributed by atoms with Gasteiger partial charge in [0.15, 0.2) is 0 Å². The first-order valence-electron chi connectivity index (χ1n) is 10.3. The van der Waals surface area contributed by atoms with Crippen LogP contribution >= 0.6 is 0 Å². The fourth-order valence-corrected chi connectivity index (χ4v) is 3.41. The van der Waals surface area contributed by atoms with E-state index in [1.54, 1.807) is 24.3 Å². The third kappa shape index (κ3) is 9.46. The van der Waals surface area contributed by atoms with Gasteiger partial charge < -0.3 is 15.5 Å². The second-order valence-electron chi connectivity index (χ2n) is 7.75. The molecule has 33 heavy (non-hydrogen) atoms. The van der Waals surface area contributed by atoms with Crippen molar-refractivity contribution in [2.45, 2.75) is 32.1 Å².